The maximum Gasteiger partial charge on any atom is 0.350 e. The molecule has 0 spiro atoms. The zero-order valence-corrected chi connectivity index (χ0v) is 17.8. The number of nitrogens with zero attached hydrogens (tertiary/aromatic N) is 2. The second kappa shape index (κ2) is 10.8. The maximum atomic E-state index is 13.7. The summed E-state index contributed by atoms with van der Waals surface area (Å²) in [5.41, 5.74) is 0.910. The van der Waals surface area contributed by atoms with Crippen LogP contribution in [0.25, 0.3) is 0 Å². The van der Waals surface area contributed by atoms with Gasteiger partial charge in [-0.3, -0.25) is 4.99 Å². The Balaban J connectivity index is 2.05. The summed E-state index contributed by atoms with van der Waals surface area (Å²) in [7, 11) is 0. The molecule has 0 bridgehead atoms. The number of halogens is 2. The van der Waals surface area contributed by atoms with Crippen molar-refractivity contribution in [1.29, 1.82) is 0 Å². The normalized spacial score (nSPS) is 12.6. The van der Waals surface area contributed by atoms with Crippen molar-refractivity contribution in [3.8, 4) is 0 Å². The number of aliphatic imine (C=N–C) groups is 1. The van der Waals surface area contributed by atoms with Crippen LogP contribution in [0, 0.1) is 18.6 Å². The first-order valence-corrected chi connectivity index (χ1v) is 10.3. The van der Waals surface area contributed by atoms with E-state index in [9.17, 15) is 13.6 Å². The smallest absolute Gasteiger partial charge is 0.350 e. The molecule has 2 rings (SSSR count). The van der Waals surface area contributed by atoms with Gasteiger partial charge in [-0.25, -0.2) is 18.6 Å². The van der Waals surface area contributed by atoms with E-state index >= 15 is 0 Å². The first kappa shape index (κ1) is 22.7. The largest absolute Gasteiger partial charge is 0.462 e. The molecular weight excluding hydrogens is 398 g/mol. The number of aryl methyl sites for hydroxylation is 1. The van der Waals surface area contributed by atoms with Crippen LogP contribution in [0.3, 0.4) is 0 Å². The minimum atomic E-state index is -0.472. The molecule has 1 unspecified atom stereocenters. The molecule has 2 aromatic rings. The van der Waals surface area contributed by atoms with E-state index in [0.29, 0.717) is 29.7 Å². The van der Waals surface area contributed by atoms with Crippen molar-refractivity contribution in [3.63, 3.8) is 0 Å². The molecule has 0 saturated heterocycles. The number of hydrogen-bond donors (Lipinski definition) is 2. The minimum absolute atomic E-state index is 0.203. The first-order valence-electron chi connectivity index (χ1n) is 9.48. The Morgan fingerprint density at radius 3 is 2.79 bits per heavy atom. The average Bonchev–Trinajstić information content (AvgIpc) is 3.07. The quantitative estimate of drug-likeness (QED) is 0.383. The van der Waals surface area contributed by atoms with Gasteiger partial charge in [-0.15, -0.1) is 11.3 Å². The minimum Gasteiger partial charge on any atom is -0.462 e. The van der Waals surface area contributed by atoms with E-state index in [1.807, 2.05) is 13.8 Å². The van der Waals surface area contributed by atoms with Crippen LogP contribution in [0.5, 0.6) is 0 Å². The van der Waals surface area contributed by atoms with Crippen LogP contribution in [0.4, 0.5) is 8.78 Å². The fourth-order valence-corrected chi connectivity index (χ4v) is 3.56. The van der Waals surface area contributed by atoms with E-state index in [4.69, 9.17) is 4.74 Å². The molecule has 0 radical (unpaired) electrons. The molecule has 1 heterocycles. The Morgan fingerprint density at radius 2 is 2.10 bits per heavy atom. The number of ether oxygens (including phenoxy) is 1. The topological polar surface area (TPSA) is 75.6 Å². The summed E-state index contributed by atoms with van der Waals surface area (Å²) in [4.78, 5) is 21.4. The van der Waals surface area contributed by atoms with Crippen LogP contribution in [-0.4, -0.2) is 36.6 Å². The van der Waals surface area contributed by atoms with Gasteiger partial charge in [-0.2, -0.15) is 0 Å². The molecule has 29 heavy (non-hydrogen) atoms. The molecule has 0 saturated carbocycles. The molecule has 0 aliphatic rings. The van der Waals surface area contributed by atoms with Gasteiger partial charge >= 0.3 is 5.97 Å². The molecule has 1 aromatic carbocycles. The Bertz CT molecular complexity index is 870. The van der Waals surface area contributed by atoms with Crippen LogP contribution in [0.15, 0.2) is 23.2 Å². The molecule has 0 amide bonds. The van der Waals surface area contributed by atoms with Gasteiger partial charge < -0.3 is 15.4 Å². The van der Waals surface area contributed by atoms with Crippen molar-refractivity contribution in [3.05, 3.63) is 51.0 Å². The Hall–Kier alpha value is -2.55. The fraction of sp³-hybridized carbons (Fsp3) is 0.450. The molecule has 0 aliphatic carbocycles. The standard InChI is InChI=1S/C20H26F2N4O2S/c1-5-23-20(24-10-9-14-11-15(21)7-8-16(14)22)26-13(4)18-25-12(3)17(29-18)19(27)28-6-2/h7-8,11,13H,5-6,9-10H2,1-4H3,(H2,23,24,26). The fourth-order valence-electron chi connectivity index (χ4n) is 2.60. The zero-order valence-electron chi connectivity index (χ0n) is 17.0. The Labute approximate surface area is 173 Å². The highest BCUT2D eigenvalue weighted by molar-refractivity contribution is 7.13. The third-order valence-electron chi connectivity index (χ3n) is 4.00. The summed E-state index contributed by atoms with van der Waals surface area (Å²) < 4.78 is 32.1. The molecule has 6 nitrogen and oxygen atoms in total. The van der Waals surface area contributed by atoms with E-state index in [2.05, 4.69) is 20.6 Å². The van der Waals surface area contributed by atoms with Crippen LogP contribution in [0.1, 0.15) is 52.7 Å². The number of rotatable bonds is 8. The maximum absolute atomic E-state index is 13.7. The van der Waals surface area contributed by atoms with Gasteiger partial charge in [0, 0.05) is 13.1 Å². The number of benzene rings is 1. The average molecular weight is 425 g/mol. The van der Waals surface area contributed by atoms with Gasteiger partial charge in [0.2, 0.25) is 0 Å². The second-order valence-electron chi connectivity index (χ2n) is 6.30. The number of guanidine groups is 1. The molecule has 0 aliphatic heterocycles. The molecule has 2 N–H and O–H groups in total. The lowest BCUT2D eigenvalue weighted by atomic mass is 10.1. The van der Waals surface area contributed by atoms with Crippen LogP contribution in [-0.2, 0) is 11.2 Å². The van der Waals surface area contributed by atoms with E-state index in [1.165, 1.54) is 17.4 Å². The number of esters is 1. The van der Waals surface area contributed by atoms with Crippen LogP contribution >= 0.6 is 11.3 Å². The highest BCUT2D eigenvalue weighted by atomic mass is 32.1. The van der Waals surface area contributed by atoms with E-state index in [-0.39, 0.29) is 30.5 Å². The number of hydrogen-bond acceptors (Lipinski definition) is 5. The third-order valence-corrected chi connectivity index (χ3v) is 5.32. The molecular formula is C20H26F2N4O2S. The van der Waals surface area contributed by atoms with Crippen LogP contribution in [0.2, 0.25) is 0 Å². The van der Waals surface area contributed by atoms with E-state index < -0.39 is 11.6 Å². The summed E-state index contributed by atoms with van der Waals surface area (Å²) in [6.45, 7) is 8.60. The first-order chi connectivity index (χ1) is 13.8. The van der Waals surface area contributed by atoms with E-state index in [1.54, 1.807) is 13.8 Å². The second-order valence-corrected chi connectivity index (χ2v) is 7.33. The highest BCUT2D eigenvalue weighted by Gasteiger charge is 2.20. The molecule has 0 fully saturated rings. The van der Waals surface area contributed by atoms with Gasteiger partial charge in [-0.05, 0) is 57.9 Å². The highest BCUT2D eigenvalue weighted by Crippen LogP contribution is 2.24. The summed E-state index contributed by atoms with van der Waals surface area (Å²) in [6.07, 6.45) is 0.276. The predicted octanol–water partition coefficient (Wildman–Crippen LogP) is 3.77. The Morgan fingerprint density at radius 1 is 1.34 bits per heavy atom. The van der Waals surface area contributed by atoms with Crippen molar-refractivity contribution >= 4 is 23.3 Å². The molecule has 1 aromatic heterocycles. The van der Waals surface area contributed by atoms with Gasteiger partial charge in [-0.1, -0.05) is 0 Å². The summed E-state index contributed by atoms with van der Waals surface area (Å²) in [6, 6.07) is 3.19. The lowest BCUT2D eigenvalue weighted by Gasteiger charge is -2.16. The molecule has 9 heteroatoms. The van der Waals surface area contributed by atoms with Crippen molar-refractivity contribution in [2.45, 2.75) is 40.2 Å². The van der Waals surface area contributed by atoms with Crippen molar-refractivity contribution in [1.82, 2.24) is 15.6 Å². The lowest BCUT2D eigenvalue weighted by molar-refractivity contribution is 0.0531. The monoisotopic (exact) mass is 424 g/mol. The van der Waals surface area contributed by atoms with E-state index in [0.717, 1.165) is 17.1 Å². The number of carbonyl (C=O) groups excluding carboxylic acids is 1. The number of thiazole rings is 1. The summed E-state index contributed by atoms with van der Waals surface area (Å²) >= 11 is 1.28. The van der Waals surface area contributed by atoms with Gasteiger partial charge in [0.05, 0.1) is 18.3 Å². The molecule has 1 atom stereocenters. The zero-order chi connectivity index (χ0) is 21.4. The van der Waals surface area contributed by atoms with Gasteiger partial charge in [0.15, 0.2) is 5.96 Å². The third kappa shape index (κ3) is 6.49. The number of carbonyl (C=O) groups is 1. The van der Waals surface area contributed by atoms with Gasteiger partial charge in [0.25, 0.3) is 0 Å². The Kier molecular flexibility index (Phi) is 8.50. The SMILES string of the molecule is CCNC(=NCCc1cc(F)ccc1F)NC(C)c1nc(C)c(C(=O)OCC)s1. The lowest BCUT2D eigenvalue weighted by Crippen LogP contribution is -2.38. The summed E-state index contributed by atoms with van der Waals surface area (Å²) in [5, 5.41) is 7.07. The van der Waals surface area contributed by atoms with Crippen molar-refractivity contribution in [2.24, 2.45) is 4.99 Å². The number of aromatic nitrogens is 1. The molecule has 158 valence electrons. The predicted molar refractivity (Wildman–Crippen MR) is 110 cm³/mol. The summed E-state index contributed by atoms with van der Waals surface area (Å²) in [5.74, 6) is -0.765. The van der Waals surface area contributed by atoms with Crippen LogP contribution < -0.4 is 10.6 Å². The van der Waals surface area contributed by atoms with Crippen molar-refractivity contribution < 1.29 is 18.3 Å². The van der Waals surface area contributed by atoms with Crippen molar-refractivity contribution in [2.75, 3.05) is 19.7 Å². The van der Waals surface area contributed by atoms with Gasteiger partial charge in [0.1, 0.15) is 21.5 Å². The number of nitrogens with one attached hydrogen (secondary N) is 2.